The Kier molecular flexibility index (Phi) is 7.36. The van der Waals surface area contributed by atoms with E-state index in [2.05, 4.69) is 17.1 Å². The van der Waals surface area contributed by atoms with E-state index in [0.717, 1.165) is 17.9 Å². The number of methoxy groups -OCH3 is 1. The Morgan fingerprint density at radius 3 is 2.45 bits per heavy atom. The molecular formula is C25H31N5O3. The van der Waals surface area contributed by atoms with E-state index in [-0.39, 0.29) is 17.6 Å². The number of ether oxygens (including phenoxy) is 1. The van der Waals surface area contributed by atoms with Crippen molar-refractivity contribution in [2.75, 3.05) is 45.2 Å². The van der Waals surface area contributed by atoms with Crippen molar-refractivity contribution in [1.82, 2.24) is 19.4 Å². The third kappa shape index (κ3) is 5.07. The summed E-state index contributed by atoms with van der Waals surface area (Å²) in [5.74, 6) is 0.764. The number of rotatable bonds is 7. The summed E-state index contributed by atoms with van der Waals surface area (Å²) in [6.45, 7) is 5.67. The van der Waals surface area contributed by atoms with Gasteiger partial charge in [0.2, 0.25) is 0 Å². The van der Waals surface area contributed by atoms with E-state index < -0.39 is 0 Å². The SMILES string of the molecule is CCC(c1nc2ccccc2c(=O)n1CCOC)N1CCN(C(=O)Nc2ccccc2)CC1. The molecule has 0 radical (unpaired) electrons. The summed E-state index contributed by atoms with van der Waals surface area (Å²) >= 11 is 0. The van der Waals surface area contributed by atoms with Gasteiger partial charge in [-0.3, -0.25) is 14.3 Å². The van der Waals surface area contributed by atoms with E-state index in [9.17, 15) is 9.59 Å². The number of nitrogens with zero attached hydrogens (tertiary/aromatic N) is 4. The molecule has 1 aromatic heterocycles. The first-order valence-corrected chi connectivity index (χ1v) is 11.5. The zero-order chi connectivity index (χ0) is 23.2. The first kappa shape index (κ1) is 22.9. The summed E-state index contributed by atoms with van der Waals surface area (Å²) in [6, 6.07) is 16.9. The van der Waals surface area contributed by atoms with Crippen molar-refractivity contribution in [1.29, 1.82) is 0 Å². The van der Waals surface area contributed by atoms with Gasteiger partial charge in [-0.25, -0.2) is 9.78 Å². The molecule has 8 heteroatoms. The fourth-order valence-corrected chi connectivity index (χ4v) is 4.40. The Hall–Kier alpha value is -3.23. The molecule has 1 aliphatic rings. The molecule has 2 heterocycles. The fraction of sp³-hybridized carbons (Fsp3) is 0.400. The van der Waals surface area contributed by atoms with Crippen LogP contribution >= 0.6 is 0 Å². The molecule has 0 saturated carbocycles. The van der Waals surface area contributed by atoms with Crippen LogP contribution < -0.4 is 10.9 Å². The summed E-state index contributed by atoms with van der Waals surface area (Å²) in [5, 5.41) is 3.58. The van der Waals surface area contributed by atoms with Gasteiger partial charge in [-0.2, -0.15) is 0 Å². The van der Waals surface area contributed by atoms with E-state index in [4.69, 9.17) is 9.72 Å². The molecule has 1 aliphatic heterocycles. The van der Waals surface area contributed by atoms with Crippen LogP contribution in [0, 0.1) is 0 Å². The first-order valence-electron chi connectivity index (χ1n) is 11.5. The Balaban J connectivity index is 1.53. The first-order chi connectivity index (χ1) is 16.1. The Morgan fingerprint density at radius 2 is 1.76 bits per heavy atom. The lowest BCUT2D eigenvalue weighted by molar-refractivity contribution is 0.103. The minimum Gasteiger partial charge on any atom is -0.383 e. The van der Waals surface area contributed by atoms with Gasteiger partial charge in [0, 0.05) is 39.0 Å². The molecule has 0 spiro atoms. The van der Waals surface area contributed by atoms with Crippen LogP contribution in [0.4, 0.5) is 10.5 Å². The van der Waals surface area contributed by atoms with E-state index in [1.54, 1.807) is 11.7 Å². The van der Waals surface area contributed by atoms with Crippen molar-refractivity contribution in [3.05, 3.63) is 70.8 Å². The number of hydrogen-bond acceptors (Lipinski definition) is 5. The van der Waals surface area contributed by atoms with Crippen LogP contribution in [0.2, 0.25) is 0 Å². The lowest BCUT2D eigenvalue weighted by atomic mass is 10.1. The normalized spacial score (nSPS) is 15.5. The molecule has 1 saturated heterocycles. The maximum absolute atomic E-state index is 13.3. The molecule has 1 N–H and O–H groups in total. The number of amides is 2. The molecule has 174 valence electrons. The van der Waals surface area contributed by atoms with Crippen molar-refractivity contribution >= 4 is 22.6 Å². The van der Waals surface area contributed by atoms with Crippen molar-refractivity contribution in [2.24, 2.45) is 0 Å². The van der Waals surface area contributed by atoms with Gasteiger partial charge >= 0.3 is 6.03 Å². The number of carbonyl (C=O) groups excluding carboxylic acids is 1. The number of carbonyl (C=O) groups is 1. The van der Waals surface area contributed by atoms with Crippen LogP contribution in [0.15, 0.2) is 59.4 Å². The zero-order valence-corrected chi connectivity index (χ0v) is 19.2. The number of nitrogens with one attached hydrogen (secondary N) is 1. The Morgan fingerprint density at radius 1 is 1.06 bits per heavy atom. The second-order valence-electron chi connectivity index (χ2n) is 8.18. The number of para-hydroxylation sites is 2. The van der Waals surface area contributed by atoms with Gasteiger partial charge < -0.3 is 15.0 Å². The molecule has 0 bridgehead atoms. The molecule has 8 nitrogen and oxygen atoms in total. The predicted molar refractivity (Wildman–Crippen MR) is 130 cm³/mol. The molecule has 2 amide bonds. The predicted octanol–water partition coefficient (Wildman–Crippen LogP) is 3.34. The summed E-state index contributed by atoms with van der Waals surface area (Å²) in [4.78, 5) is 35.0. The summed E-state index contributed by atoms with van der Waals surface area (Å²) < 4.78 is 7.02. The molecule has 33 heavy (non-hydrogen) atoms. The molecule has 1 atom stereocenters. The topological polar surface area (TPSA) is 79.7 Å². The van der Waals surface area contributed by atoms with Gasteiger partial charge in [-0.15, -0.1) is 0 Å². The Bertz CT molecular complexity index is 1140. The van der Waals surface area contributed by atoms with Crippen molar-refractivity contribution in [3.8, 4) is 0 Å². The van der Waals surface area contributed by atoms with Crippen LogP contribution in [-0.4, -0.2) is 65.3 Å². The van der Waals surface area contributed by atoms with Gasteiger partial charge in [0.05, 0.1) is 30.1 Å². The number of hydrogen-bond donors (Lipinski definition) is 1. The lowest BCUT2D eigenvalue weighted by Gasteiger charge is -2.39. The summed E-state index contributed by atoms with van der Waals surface area (Å²) in [7, 11) is 1.64. The molecule has 3 aromatic rings. The summed E-state index contributed by atoms with van der Waals surface area (Å²) in [5.41, 5.74) is 1.47. The van der Waals surface area contributed by atoms with Crippen LogP contribution in [-0.2, 0) is 11.3 Å². The highest BCUT2D eigenvalue weighted by Gasteiger charge is 2.29. The minimum atomic E-state index is -0.0882. The third-order valence-electron chi connectivity index (χ3n) is 6.16. The maximum Gasteiger partial charge on any atom is 0.321 e. The molecule has 2 aromatic carbocycles. The third-order valence-corrected chi connectivity index (χ3v) is 6.16. The quantitative estimate of drug-likeness (QED) is 0.599. The van der Waals surface area contributed by atoms with Crippen molar-refractivity contribution < 1.29 is 9.53 Å². The fourth-order valence-electron chi connectivity index (χ4n) is 4.40. The van der Waals surface area contributed by atoms with Crippen molar-refractivity contribution in [3.63, 3.8) is 0 Å². The number of fused-ring (bicyclic) bond motifs is 1. The minimum absolute atomic E-state index is 0.0153. The second-order valence-corrected chi connectivity index (χ2v) is 8.18. The van der Waals surface area contributed by atoms with Crippen LogP contribution in [0.1, 0.15) is 25.2 Å². The van der Waals surface area contributed by atoms with Gasteiger partial charge in [-0.05, 0) is 30.7 Å². The highest BCUT2D eigenvalue weighted by atomic mass is 16.5. The van der Waals surface area contributed by atoms with Gasteiger partial charge in [0.25, 0.3) is 5.56 Å². The lowest BCUT2D eigenvalue weighted by Crippen LogP contribution is -2.51. The molecular weight excluding hydrogens is 418 g/mol. The largest absolute Gasteiger partial charge is 0.383 e. The van der Waals surface area contributed by atoms with Crippen molar-refractivity contribution in [2.45, 2.75) is 25.9 Å². The average molecular weight is 450 g/mol. The number of urea groups is 1. The number of benzene rings is 2. The smallest absolute Gasteiger partial charge is 0.321 e. The second kappa shape index (κ2) is 10.6. The molecule has 0 aliphatic carbocycles. The van der Waals surface area contributed by atoms with E-state index >= 15 is 0 Å². The van der Waals surface area contributed by atoms with Gasteiger partial charge in [0.1, 0.15) is 5.82 Å². The van der Waals surface area contributed by atoms with Crippen LogP contribution in [0.25, 0.3) is 10.9 Å². The monoisotopic (exact) mass is 449 g/mol. The standard InChI is InChI=1S/C25H31N5O3/c1-3-22(23-27-21-12-8-7-11-20(21)24(31)30(23)17-18-33-2)28-13-15-29(16-14-28)25(32)26-19-9-5-4-6-10-19/h4-12,22H,3,13-18H2,1-2H3,(H,26,32). The average Bonchev–Trinajstić information content (AvgIpc) is 2.85. The molecule has 1 fully saturated rings. The van der Waals surface area contributed by atoms with Gasteiger partial charge in [0.15, 0.2) is 0 Å². The highest BCUT2D eigenvalue weighted by Crippen LogP contribution is 2.25. The maximum atomic E-state index is 13.3. The molecule has 4 rings (SSSR count). The number of anilines is 1. The van der Waals surface area contributed by atoms with E-state index in [1.165, 1.54) is 0 Å². The number of aromatic nitrogens is 2. The van der Waals surface area contributed by atoms with E-state index in [1.807, 2.05) is 59.5 Å². The van der Waals surface area contributed by atoms with Gasteiger partial charge in [-0.1, -0.05) is 37.3 Å². The summed E-state index contributed by atoms with van der Waals surface area (Å²) in [6.07, 6.45) is 0.813. The number of piperazine rings is 1. The van der Waals surface area contributed by atoms with Crippen LogP contribution in [0.5, 0.6) is 0 Å². The Labute approximate surface area is 193 Å². The van der Waals surface area contributed by atoms with E-state index in [0.29, 0.717) is 50.2 Å². The zero-order valence-electron chi connectivity index (χ0n) is 19.2. The highest BCUT2D eigenvalue weighted by molar-refractivity contribution is 5.89. The molecule has 1 unspecified atom stereocenters. The van der Waals surface area contributed by atoms with Crippen LogP contribution in [0.3, 0.4) is 0 Å².